The summed E-state index contributed by atoms with van der Waals surface area (Å²) in [5.74, 6) is 3.25. The first-order chi connectivity index (χ1) is 13.2. The molecule has 2 aromatic carbocycles. The zero-order chi connectivity index (χ0) is 18.4. The Hall–Kier alpha value is -1.22. The summed E-state index contributed by atoms with van der Waals surface area (Å²) in [5.41, 5.74) is 0. The Kier molecular flexibility index (Phi) is 4.83. The third-order valence-corrected chi connectivity index (χ3v) is 9.81. The van der Waals surface area contributed by atoms with Crippen LogP contribution in [-0.2, 0) is 0 Å². The summed E-state index contributed by atoms with van der Waals surface area (Å²) in [6, 6.07) is 8.34. The lowest BCUT2D eigenvalue weighted by atomic mass is 10.3. The number of benzene rings is 2. The van der Waals surface area contributed by atoms with Crippen LogP contribution in [0.25, 0.3) is 0 Å². The molecule has 0 amide bonds. The Morgan fingerprint density at radius 1 is 0.667 bits per heavy atom. The minimum atomic E-state index is 0.711. The van der Waals surface area contributed by atoms with Crippen molar-refractivity contribution in [2.45, 2.75) is 26.0 Å². The van der Waals surface area contributed by atoms with Crippen molar-refractivity contribution in [3.63, 3.8) is 0 Å². The Morgan fingerprint density at radius 3 is 1.48 bits per heavy atom. The van der Waals surface area contributed by atoms with Crippen LogP contribution in [0.5, 0.6) is 23.0 Å². The van der Waals surface area contributed by atoms with Crippen molar-refractivity contribution < 1.29 is 18.9 Å². The molecule has 3 heterocycles. The van der Waals surface area contributed by atoms with Gasteiger partial charge in [-0.15, -0.1) is 0 Å². The molecule has 0 atom stereocenters. The minimum absolute atomic E-state index is 0.711. The molecule has 3 aliphatic heterocycles. The summed E-state index contributed by atoms with van der Waals surface area (Å²) in [4.78, 5) is 4.89. The fraction of sp³-hybridized carbons (Fsp3) is 0.263. The van der Waals surface area contributed by atoms with Gasteiger partial charge in [0, 0.05) is 26.0 Å². The maximum absolute atomic E-state index is 5.83. The van der Waals surface area contributed by atoms with E-state index < -0.39 is 0 Å². The fourth-order valence-corrected chi connectivity index (χ4v) is 8.28. The molecule has 27 heavy (non-hydrogen) atoms. The predicted octanol–water partition coefficient (Wildman–Crippen LogP) is 6.09. The van der Waals surface area contributed by atoms with Crippen molar-refractivity contribution in [1.29, 1.82) is 0 Å². The Morgan fingerprint density at radius 2 is 1.07 bits per heavy atom. The molecule has 8 heteroatoms. The smallest absolute Gasteiger partial charge is 0.162 e. The van der Waals surface area contributed by atoms with Gasteiger partial charge >= 0.3 is 0 Å². The van der Waals surface area contributed by atoms with Crippen LogP contribution < -0.4 is 18.9 Å². The second-order valence-corrected chi connectivity index (χ2v) is 10.7. The van der Waals surface area contributed by atoms with E-state index in [1.54, 1.807) is 61.3 Å². The number of methoxy groups -OCH3 is 2. The summed E-state index contributed by atoms with van der Waals surface area (Å²) >= 11 is 7.20. The molecule has 0 bridgehead atoms. The van der Waals surface area contributed by atoms with E-state index in [0.29, 0.717) is 13.2 Å². The van der Waals surface area contributed by atoms with E-state index in [2.05, 4.69) is 24.3 Å². The van der Waals surface area contributed by atoms with E-state index in [9.17, 15) is 0 Å². The molecule has 4 nitrogen and oxygen atoms in total. The number of ether oxygens (including phenoxy) is 4. The van der Waals surface area contributed by atoms with E-state index in [-0.39, 0.29) is 0 Å². The first kappa shape index (κ1) is 17.8. The minimum Gasteiger partial charge on any atom is -0.493 e. The molecule has 3 aliphatic rings. The highest BCUT2D eigenvalue weighted by atomic mass is 32.2. The zero-order valence-electron chi connectivity index (χ0n) is 14.7. The van der Waals surface area contributed by atoms with Crippen molar-refractivity contribution in [3.05, 3.63) is 32.7 Å². The molecule has 0 spiro atoms. The molecule has 140 valence electrons. The molecule has 0 aromatic heterocycles. The highest BCUT2D eigenvalue weighted by Gasteiger charge is 2.29. The standard InChI is InChI=1S/C19H16O4S4/c1-20-10-6-14-15(7-11(10)21-2)25-18(24-14)19-26-16-8-12-13(9-17(16)27-19)23-5-3-4-22-12/h6-9H,3-5H2,1-2H3. The molecule has 0 N–H and O–H groups in total. The molecule has 5 rings (SSSR count). The van der Waals surface area contributed by atoms with Crippen LogP contribution in [0.15, 0.2) is 52.3 Å². The van der Waals surface area contributed by atoms with Gasteiger partial charge in [-0.2, -0.15) is 0 Å². The van der Waals surface area contributed by atoms with Gasteiger partial charge in [0.25, 0.3) is 0 Å². The summed E-state index contributed by atoms with van der Waals surface area (Å²) < 4.78 is 25.1. The van der Waals surface area contributed by atoms with Crippen LogP contribution >= 0.6 is 47.0 Å². The normalized spacial score (nSPS) is 17.4. The van der Waals surface area contributed by atoms with Gasteiger partial charge in [-0.05, 0) is 24.3 Å². The lowest BCUT2D eigenvalue weighted by Gasteiger charge is -2.08. The Labute approximate surface area is 174 Å². The monoisotopic (exact) mass is 436 g/mol. The van der Waals surface area contributed by atoms with Gasteiger partial charge in [-0.25, -0.2) is 0 Å². The number of fused-ring (bicyclic) bond motifs is 3. The zero-order valence-corrected chi connectivity index (χ0v) is 18.0. The van der Waals surface area contributed by atoms with Gasteiger partial charge in [-0.1, -0.05) is 47.0 Å². The van der Waals surface area contributed by atoms with Crippen molar-refractivity contribution in [2.24, 2.45) is 0 Å². The highest BCUT2D eigenvalue weighted by Crippen LogP contribution is 2.63. The third-order valence-electron chi connectivity index (χ3n) is 4.24. The molecule has 0 saturated carbocycles. The van der Waals surface area contributed by atoms with Gasteiger partial charge in [0.05, 0.1) is 35.9 Å². The van der Waals surface area contributed by atoms with Gasteiger partial charge in [-0.3, -0.25) is 0 Å². The molecule has 0 aliphatic carbocycles. The van der Waals surface area contributed by atoms with Crippen molar-refractivity contribution in [2.75, 3.05) is 27.4 Å². The van der Waals surface area contributed by atoms with Crippen LogP contribution in [-0.4, -0.2) is 27.4 Å². The summed E-state index contributed by atoms with van der Waals surface area (Å²) in [5, 5.41) is 0. The van der Waals surface area contributed by atoms with E-state index in [0.717, 1.165) is 29.4 Å². The fourth-order valence-electron chi connectivity index (χ4n) is 2.94. The van der Waals surface area contributed by atoms with Gasteiger partial charge in [0.1, 0.15) is 0 Å². The summed E-state index contributed by atoms with van der Waals surface area (Å²) in [6.07, 6.45) is 0.924. The van der Waals surface area contributed by atoms with E-state index in [1.165, 1.54) is 28.1 Å². The number of thioether (sulfide) groups is 4. The average molecular weight is 437 g/mol. The summed E-state index contributed by atoms with van der Waals surface area (Å²) in [7, 11) is 3.34. The Balaban J connectivity index is 1.44. The Bertz CT molecular complexity index is 885. The maximum Gasteiger partial charge on any atom is 0.162 e. The number of hydrogen-bond donors (Lipinski definition) is 0. The second-order valence-electron chi connectivity index (χ2n) is 5.93. The summed E-state index contributed by atoms with van der Waals surface area (Å²) in [6.45, 7) is 1.42. The highest BCUT2D eigenvalue weighted by molar-refractivity contribution is 8.30. The van der Waals surface area contributed by atoms with Crippen LogP contribution in [0.2, 0.25) is 0 Å². The molecule has 0 fully saturated rings. The second kappa shape index (κ2) is 7.31. The van der Waals surface area contributed by atoms with Crippen LogP contribution in [0.1, 0.15) is 6.42 Å². The number of rotatable bonds is 2. The van der Waals surface area contributed by atoms with Gasteiger partial charge in [0.15, 0.2) is 23.0 Å². The van der Waals surface area contributed by atoms with Gasteiger partial charge < -0.3 is 18.9 Å². The quantitative estimate of drug-likeness (QED) is 0.560. The van der Waals surface area contributed by atoms with E-state index in [4.69, 9.17) is 18.9 Å². The molecular weight excluding hydrogens is 420 g/mol. The van der Waals surface area contributed by atoms with Crippen molar-refractivity contribution in [3.8, 4) is 23.0 Å². The van der Waals surface area contributed by atoms with Crippen LogP contribution in [0, 0.1) is 0 Å². The molecular formula is C19H16O4S4. The van der Waals surface area contributed by atoms with E-state index in [1.807, 2.05) is 0 Å². The maximum atomic E-state index is 5.83. The number of hydrogen-bond acceptors (Lipinski definition) is 8. The first-order valence-corrected chi connectivity index (χ1v) is 11.7. The third kappa shape index (κ3) is 3.26. The lowest BCUT2D eigenvalue weighted by Crippen LogP contribution is -1.97. The average Bonchev–Trinajstić information content (AvgIpc) is 3.21. The predicted molar refractivity (Wildman–Crippen MR) is 112 cm³/mol. The van der Waals surface area contributed by atoms with Crippen molar-refractivity contribution in [1.82, 2.24) is 0 Å². The van der Waals surface area contributed by atoms with Gasteiger partial charge in [0.2, 0.25) is 0 Å². The molecule has 0 saturated heterocycles. The lowest BCUT2D eigenvalue weighted by molar-refractivity contribution is 0.296. The molecule has 0 unspecified atom stereocenters. The molecule has 0 radical (unpaired) electrons. The van der Waals surface area contributed by atoms with Crippen LogP contribution in [0.3, 0.4) is 0 Å². The van der Waals surface area contributed by atoms with Crippen molar-refractivity contribution >= 4 is 47.0 Å². The first-order valence-electron chi connectivity index (χ1n) is 8.40. The van der Waals surface area contributed by atoms with E-state index >= 15 is 0 Å². The SMILES string of the molecule is COc1cc2c(cc1OC)SC(=C1Sc3cc4c(cc3S1)OCCCO4)S2. The topological polar surface area (TPSA) is 36.9 Å². The van der Waals surface area contributed by atoms with Crippen LogP contribution in [0.4, 0.5) is 0 Å². The molecule has 2 aromatic rings. The largest absolute Gasteiger partial charge is 0.493 e.